The zero-order valence-corrected chi connectivity index (χ0v) is 5.16. The monoisotopic (exact) mass is 124 g/mol. The van der Waals surface area contributed by atoms with Crippen LogP contribution in [0.3, 0.4) is 0 Å². The third-order valence-electron chi connectivity index (χ3n) is 1.08. The van der Waals surface area contributed by atoms with Gasteiger partial charge in [0.05, 0.1) is 0 Å². The first-order valence-electron chi connectivity index (χ1n) is 2.64. The van der Waals surface area contributed by atoms with Crippen LogP contribution in [0.25, 0.3) is 0 Å². The molecule has 48 valence electrons. The van der Waals surface area contributed by atoms with E-state index in [0.29, 0.717) is 5.69 Å². The maximum Gasteiger partial charge on any atom is 0.227 e. The Labute approximate surface area is 53.1 Å². The van der Waals surface area contributed by atoms with Crippen molar-refractivity contribution in [2.24, 2.45) is 0 Å². The fraction of sp³-hybridized carbons (Fsp3) is 0.167. The molecule has 3 nitrogen and oxygen atoms in total. The maximum atomic E-state index is 10.6. The molecular formula is C6H8N2O. The maximum absolute atomic E-state index is 10.6. The molecule has 0 saturated carbocycles. The standard InChI is InChI=1S/C6H8N2O/c1-5(9)8-3-2-6(7)4-8/h2-4H,7H2,1H3. The Morgan fingerprint density at radius 1 is 1.78 bits per heavy atom. The number of rotatable bonds is 0. The minimum Gasteiger partial charge on any atom is -0.397 e. The molecule has 0 spiro atoms. The molecule has 0 fully saturated rings. The molecule has 3 heteroatoms. The molecule has 0 unspecified atom stereocenters. The number of carbonyl (C=O) groups is 1. The summed E-state index contributed by atoms with van der Waals surface area (Å²) in [6, 6.07) is 1.68. The first-order valence-corrected chi connectivity index (χ1v) is 2.64. The molecule has 2 N–H and O–H groups in total. The van der Waals surface area contributed by atoms with Gasteiger partial charge in [0.1, 0.15) is 0 Å². The van der Waals surface area contributed by atoms with Gasteiger partial charge in [0.25, 0.3) is 0 Å². The highest BCUT2D eigenvalue weighted by Crippen LogP contribution is 2.00. The van der Waals surface area contributed by atoms with E-state index in [2.05, 4.69) is 0 Å². The average Bonchev–Trinajstić information content (AvgIpc) is 2.14. The Balaban J connectivity index is 2.98. The molecule has 0 bridgehead atoms. The van der Waals surface area contributed by atoms with Gasteiger partial charge in [-0.1, -0.05) is 0 Å². The molecule has 1 heterocycles. The number of aromatic nitrogens is 1. The number of nitrogens with two attached hydrogens (primary N) is 1. The number of carbonyl (C=O) groups excluding carboxylic acids is 1. The van der Waals surface area contributed by atoms with Crippen LogP contribution >= 0.6 is 0 Å². The molecule has 0 amide bonds. The molecule has 1 aromatic heterocycles. The Hall–Kier alpha value is -1.25. The summed E-state index contributed by atoms with van der Waals surface area (Å²) in [5.41, 5.74) is 5.96. The van der Waals surface area contributed by atoms with Crippen molar-refractivity contribution in [3.05, 3.63) is 18.5 Å². The molecule has 0 radical (unpaired) electrons. The van der Waals surface area contributed by atoms with Crippen LogP contribution in [0.1, 0.15) is 11.7 Å². The van der Waals surface area contributed by atoms with Crippen molar-refractivity contribution in [3.63, 3.8) is 0 Å². The van der Waals surface area contributed by atoms with E-state index in [1.807, 2.05) is 0 Å². The number of nitrogens with zero attached hydrogens (tertiary/aromatic N) is 1. The summed E-state index contributed by atoms with van der Waals surface area (Å²) < 4.78 is 1.44. The van der Waals surface area contributed by atoms with Gasteiger partial charge in [-0.05, 0) is 6.07 Å². The van der Waals surface area contributed by atoms with E-state index in [1.54, 1.807) is 18.5 Å². The number of hydrogen-bond acceptors (Lipinski definition) is 2. The molecule has 1 aromatic rings. The first kappa shape index (κ1) is 5.88. The van der Waals surface area contributed by atoms with Gasteiger partial charge in [-0.25, -0.2) is 0 Å². The van der Waals surface area contributed by atoms with Crippen molar-refractivity contribution in [2.75, 3.05) is 5.73 Å². The highest BCUT2D eigenvalue weighted by atomic mass is 16.1. The van der Waals surface area contributed by atoms with Gasteiger partial charge in [0.15, 0.2) is 0 Å². The predicted octanol–water partition coefficient (Wildman–Crippen LogP) is 0.730. The molecule has 0 atom stereocenters. The predicted molar refractivity (Wildman–Crippen MR) is 35.1 cm³/mol. The van der Waals surface area contributed by atoms with E-state index in [4.69, 9.17) is 5.73 Å². The van der Waals surface area contributed by atoms with Crippen LogP contribution in [0.4, 0.5) is 5.69 Å². The van der Waals surface area contributed by atoms with Crippen LogP contribution in [-0.2, 0) is 0 Å². The second-order valence-electron chi connectivity index (χ2n) is 1.87. The number of hydrogen-bond donors (Lipinski definition) is 1. The van der Waals surface area contributed by atoms with Crippen LogP contribution in [-0.4, -0.2) is 10.5 Å². The van der Waals surface area contributed by atoms with Gasteiger partial charge in [-0.2, -0.15) is 0 Å². The minimum atomic E-state index is -0.0216. The number of anilines is 1. The van der Waals surface area contributed by atoms with E-state index < -0.39 is 0 Å². The highest BCUT2D eigenvalue weighted by molar-refractivity contribution is 5.77. The lowest BCUT2D eigenvalue weighted by molar-refractivity contribution is 0.0937. The largest absolute Gasteiger partial charge is 0.397 e. The van der Waals surface area contributed by atoms with Crippen molar-refractivity contribution < 1.29 is 4.79 Å². The summed E-state index contributed by atoms with van der Waals surface area (Å²) in [7, 11) is 0. The topological polar surface area (TPSA) is 48.0 Å². The number of nitrogen functional groups attached to an aromatic ring is 1. The lowest BCUT2D eigenvalue weighted by Gasteiger charge is -1.89. The fourth-order valence-electron chi connectivity index (χ4n) is 0.609. The Kier molecular flexibility index (Phi) is 1.26. The van der Waals surface area contributed by atoms with E-state index in [-0.39, 0.29) is 5.91 Å². The molecule has 0 aliphatic carbocycles. The summed E-state index contributed by atoms with van der Waals surface area (Å²) in [6.45, 7) is 1.49. The summed E-state index contributed by atoms with van der Waals surface area (Å²) in [4.78, 5) is 10.6. The van der Waals surface area contributed by atoms with E-state index >= 15 is 0 Å². The molecule has 1 rings (SSSR count). The van der Waals surface area contributed by atoms with E-state index in [9.17, 15) is 4.79 Å². The zero-order valence-electron chi connectivity index (χ0n) is 5.16. The van der Waals surface area contributed by atoms with Crippen molar-refractivity contribution in [1.82, 2.24) is 4.57 Å². The lowest BCUT2D eigenvalue weighted by atomic mass is 10.6. The first-order chi connectivity index (χ1) is 4.20. The van der Waals surface area contributed by atoms with Gasteiger partial charge in [0.2, 0.25) is 5.91 Å². The van der Waals surface area contributed by atoms with Crippen LogP contribution in [0, 0.1) is 0 Å². The molecule has 9 heavy (non-hydrogen) atoms. The third-order valence-corrected chi connectivity index (χ3v) is 1.08. The normalized spacial score (nSPS) is 9.44. The Morgan fingerprint density at radius 2 is 2.44 bits per heavy atom. The van der Waals surface area contributed by atoms with E-state index in [1.165, 1.54) is 11.5 Å². The summed E-state index contributed by atoms with van der Waals surface area (Å²) in [5, 5.41) is 0. The molecular weight excluding hydrogens is 116 g/mol. The quantitative estimate of drug-likeness (QED) is 0.554. The van der Waals surface area contributed by atoms with Gasteiger partial charge >= 0.3 is 0 Å². The van der Waals surface area contributed by atoms with Crippen molar-refractivity contribution in [1.29, 1.82) is 0 Å². The van der Waals surface area contributed by atoms with Gasteiger partial charge in [-0.3, -0.25) is 9.36 Å². The van der Waals surface area contributed by atoms with Gasteiger partial charge in [0, 0.05) is 25.0 Å². The minimum absolute atomic E-state index is 0.0216. The zero-order chi connectivity index (χ0) is 6.85. The van der Waals surface area contributed by atoms with Gasteiger partial charge < -0.3 is 5.73 Å². The van der Waals surface area contributed by atoms with E-state index in [0.717, 1.165) is 0 Å². The summed E-state index contributed by atoms with van der Waals surface area (Å²) in [5.74, 6) is -0.0216. The Morgan fingerprint density at radius 3 is 2.67 bits per heavy atom. The van der Waals surface area contributed by atoms with Crippen LogP contribution in [0.15, 0.2) is 18.5 Å². The summed E-state index contributed by atoms with van der Waals surface area (Å²) in [6.07, 6.45) is 3.22. The van der Waals surface area contributed by atoms with Crippen LogP contribution in [0.2, 0.25) is 0 Å². The van der Waals surface area contributed by atoms with Crippen molar-refractivity contribution in [3.8, 4) is 0 Å². The third kappa shape index (κ3) is 1.10. The molecule has 0 aliphatic heterocycles. The molecule has 0 saturated heterocycles. The van der Waals surface area contributed by atoms with Crippen molar-refractivity contribution >= 4 is 11.6 Å². The van der Waals surface area contributed by atoms with Crippen molar-refractivity contribution in [2.45, 2.75) is 6.92 Å². The molecule has 0 aromatic carbocycles. The SMILES string of the molecule is CC(=O)n1ccc(N)c1. The van der Waals surface area contributed by atoms with Gasteiger partial charge in [-0.15, -0.1) is 0 Å². The second-order valence-corrected chi connectivity index (χ2v) is 1.87. The summed E-state index contributed by atoms with van der Waals surface area (Å²) >= 11 is 0. The van der Waals surface area contributed by atoms with Crippen LogP contribution < -0.4 is 5.73 Å². The lowest BCUT2D eigenvalue weighted by Crippen LogP contribution is -2.00. The second kappa shape index (κ2) is 1.93. The smallest absolute Gasteiger partial charge is 0.227 e. The average molecular weight is 124 g/mol. The molecule has 0 aliphatic rings. The van der Waals surface area contributed by atoms with Crippen LogP contribution in [0.5, 0.6) is 0 Å². The fourth-order valence-corrected chi connectivity index (χ4v) is 0.609. The highest BCUT2D eigenvalue weighted by Gasteiger charge is 1.94. The Bertz CT molecular complexity index is 227.